The molecule has 30 heavy (non-hydrogen) atoms. The van der Waals surface area contributed by atoms with Crippen LogP contribution in [0.5, 0.6) is 0 Å². The van der Waals surface area contributed by atoms with E-state index in [1.165, 1.54) is 4.98 Å². The number of nitrogens with one attached hydrogen (secondary N) is 1. The molecule has 2 heterocycles. The summed E-state index contributed by atoms with van der Waals surface area (Å²) in [4.78, 5) is 59.3. The molecule has 11 nitrogen and oxygen atoms in total. The van der Waals surface area contributed by atoms with Crippen molar-refractivity contribution in [2.75, 3.05) is 6.61 Å². The van der Waals surface area contributed by atoms with E-state index in [9.17, 15) is 37.1 Å². The smallest absolute Gasteiger partial charge is 0.423 e. The zero-order chi connectivity index (χ0) is 22.8. The molecular formula is C16H17F3N2O9. The second-order valence-electron chi connectivity index (χ2n) is 6.22. The number of carbonyl (C=O) groups excluding carboxylic acids is 3. The molecule has 0 aromatic carbocycles. The van der Waals surface area contributed by atoms with Crippen LogP contribution in [0.15, 0.2) is 15.8 Å². The van der Waals surface area contributed by atoms with Crippen LogP contribution >= 0.6 is 0 Å². The molecule has 0 bridgehead atoms. The van der Waals surface area contributed by atoms with E-state index >= 15 is 0 Å². The van der Waals surface area contributed by atoms with Gasteiger partial charge in [0.25, 0.3) is 5.56 Å². The zero-order valence-electron chi connectivity index (χ0n) is 15.8. The molecule has 1 unspecified atom stereocenters. The highest BCUT2D eigenvalue weighted by molar-refractivity contribution is 5.68. The first kappa shape index (κ1) is 23.1. The average molecular weight is 438 g/mol. The fourth-order valence-corrected chi connectivity index (χ4v) is 2.79. The van der Waals surface area contributed by atoms with E-state index in [0.717, 1.165) is 20.8 Å². The Kier molecular flexibility index (Phi) is 6.70. The van der Waals surface area contributed by atoms with Crippen molar-refractivity contribution in [3.63, 3.8) is 0 Å². The lowest BCUT2D eigenvalue weighted by atomic mass is 10.1. The van der Waals surface area contributed by atoms with Gasteiger partial charge in [-0.1, -0.05) is 0 Å². The molecule has 166 valence electrons. The first-order valence-corrected chi connectivity index (χ1v) is 8.37. The number of hydrogen-bond donors (Lipinski definition) is 1. The summed E-state index contributed by atoms with van der Waals surface area (Å²) < 4.78 is 60.0. The second kappa shape index (κ2) is 8.69. The molecule has 1 saturated heterocycles. The molecule has 0 radical (unpaired) electrons. The summed E-state index contributed by atoms with van der Waals surface area (Å²) in [6.07, 6.45) is -10.9. The minimum Gasteiger partial charge on any atom is -0.463 e. The highest BCUT2D eigenvalue weighted by atomic mass is 19.4. The van der Waals surface area contributed by atoms with Crippen LogP contribution in [0.2, 0.25) is 0 Å². The van der Waals surface area contributed by atoms with Gasteiger partial charge in [0.2, 0.25) is 0 Å². The van der Waals surface area contributed by atoms with Crippen LogP contribution < -0.4 is 11.2 Å². The number of hydrogen-bond acceptors (Lipinski definition) is 9. The number of rotatable bonds is 5. The molecule has 1 aromatic rings. The van der Waals surface area contributed by atoms with Gasteiger partial charge in [-0.15, -0.1) is 0 Å². The molecule has 4 atom stereocenters. The predicted octanol–water partition coefficient (Wildman–Crippen LogP) is -0.121. The maximum Gasteiger partial charge on any atom is 0.423 e. The maximum atomic E-state index is 13.1. The van der Waals surface area contributed by atoms with Gasteiger partial charge in [-0.3, -0.25) is 28.7 Å². The zero-order valence-corrected chi connectivity index (χ0v) is 15.8. The predicted molar refractivity (Wildman–Crippen MR) is 88.0 cm³/mol. The normalized spacial score (nSPS) is 23.7. The number of esters is 3. The minimum atomic E-state index is -5.11. The standard InChI is InChI=1S/C16H17F3N2O9/c1-6(22)27-5-10-11(28-7(2)23)12(29-8(3)24)14(30-10)21-4-9(16(17,18)19)13(25)20-15(21)26/h4,10-12,14H,5H2,1-3H3,(H,20,25,26)/t10-,11+,12-,14?/m1/s1. The van der Waals surface area contributed by atoms with Crippen molar-refractivity contribution in [1.82, 2.24) is 9.55 Å². The molecular weight excluding hydrogens is 421 g/mol. The molecule has 1 aromatic heterocycles. The Bertz CT molecular complexity index is 953. The lowest BCUT2D eigenvalue weighted by molar-refractivity contribution is -0.166. The number of alkyl halides is 3. The summed E-state index contributed by atoms with van der Waals surface area (Å²) in [5.74, 6) is -2.53. The Labute approximate surface area is 165 Å². The van der Waals surface area contributed by atoms with E-state index in [4.69, 9.17) is 18.9 Å². The molecule has 14 heteroatoms. The quantitative estimate of drug-likeness (QED) is 0.492. The molecule has 1 aliphatic rings. The SMILES string of the molecule is CC(=O)OC[C@H]1OC(n2cc(C(F)(F)F)c(=O)[nH]c2=O)[C@H](OC(C)=O)[C@H]1OC(C)=O. The number of ether oxygens (including phenoxy) is 4. The summed E-state index contributed by atoms with van der Waals surface area (Å²) in [5, 5.41) is 0. The summed E-state index contributed by atoms with van der Waals surface area (Å²) in [6.45, 7) is 2.53. The van der Waals surface area contributed by atoms with Crippen LogP contribution in [-0.4, -0.2) is 52.4 Å². The van der Waals surface area contributed by atoms with Crippen LogP contribution in [0, 0.1) is 0 Å². The highest BCUT2D eigenvalue weighted by Gasteiger charge is 2.51. The van der Waals surface area contributed by atoms with Gasteiger partial charge < -0.3 is 18.9 Å². The Hall–Kier alpha value is -3.16. The summed E-state index contributed by atoms with van der Waals surface area (Å²) in [5.41, 5.74) is -4.69. The number of H-pyrrole nitrogens is 1. The Morgan fingerprint density at radius 2 is 1.63 bits per heavy atom. The van der Waals surface area contributed by atoms with Crippen LogP contribution in [-0.2, 0) is 39.5 Å². The van der Waals surface area contributed by atoms with Crippen LogP contribution in [0.1, 0.15) is 32.6 Å². The lowest BCUT2D eigenvalue weighted by Gasteiger charge is -2.24. The van der Waals surface area contributed by atoms with Crippen molar-refractivity contribution in [2.24, 2.45) is 0 Å². The Morgan fingerprint density at radius 1 is 1.07 bits per heavy atom. The number of nitrogens with zero attached hydrogens (tertiary/aromatic N) is 1. The minimum absolute atomic E-state index is 0.196. The van der Waals surface area contributed by atoms with E-state index in [2.05, 4.69) is 0 Å². The van der Waals surface area contributed by atoms with E-state index in [0.29, 0.717) is 4.57 Å². The first-order valence-electron chi connectivity index (χ1n) is 8.37. The third-order valence-corrected chi connectivity index (χ3v) is 3.89. The van der Waals surface area contributed by atoms with Gasteiger partial charge in [-0.05, 0) is 0 Å². The summed E-state index contributed by atoms with van der Waals surface area (Å²) in [6, 6.07) is 0. The molecule has 1 N–H and O–H groups in total. The highest BCUT2D eigenvalue weighted by Crippen LogP contribution is 2.34. The van der Waals surface area contributed by atoms with Crippen molar-refractivity contribution in [3.8, 4) is 0 Å². The Balaban J connectivity index is 2.56. The number of aromatic nitrogens is 2. The van der Waals surface area contributed by atoms with Gasteiger partial charge in [-0.2, -0.15) is 13.2 Å². The summed E-state index contributed by atoms with van der Waals surface area (Å²) >= 11 is 0. The molecule has 1 fully saturated rings. The molecule has 0 amide bonds. The van der Waals surface area contributed by atoms with Crippen molar-refractivity contribution in [1.29, 1.82) is 0 Å². The van der Waals surface area contributed by atoms with Gasteiger partial charge in [-0.25, -0.2) is 4.79 Å². The van der Waals surface area contributed by atoms with Gasteiger partial charge in [0.15, 0.2) is 18.4 Å². The monoisotopic (exact) mass is 438 g/mol. The van der Waals surface area contributed by atoms with Crippen LogP contribution in [0.3, 0.4) is 0 Å². The van der Waals surface area contributed by atoms with Crippen LogP contribution in [0.4, 0.5) is 13.2 Å². The number of carbonyl (C=O) groups is 3. The number of aromatic amines is 1. The van der Waals surface area contributed by atoms with Gasteiger partial charge >= 0.3 is 29.8 Å². The van der Waals surface area contributed by atoms with Gasteiger partial charge in [0, 0.05) is 27.0 Å². The van der Waals surface area contributed by atoms with E-state index < -0.39 is 72.0 Å². The molecule has 1 aliphatic heterocycles. The third-order valence-electron chi connectivity index (χ3n) is 3.89. The fourth-order valence-electron chi connectivity index (χ4n) is 2.79. The van der Waals surface area contributed by atoms with E-state index in [1.807, 2.05) is 0 Å². The van der Waals surface area contributed by atoms with Crippen molar-refractivity contribution < 1.29 is 46.5 Å². The molecule has 0 aliphatic carbocycles. The first-order chi connectivity index (χ1) is 13.8. The van der Waals surface area contributed by atoms with Gasteiger partial charge in [0.05, 0.1) is 0 Å². The van der Waals surface area contributed by atoms with E-state index in [1.54, 1.807) is 0 Å². The van der Waals surface area contributed by atoms with E-state index in [-0.39, 0.29) is 6.20 Å². The van der Waals surface area contributed by atoms with Crippen molar-refractivity contribution in [3.05, 3.63) is 32.6 Å². The average Bonchev–Trinajstić information content (AvgIpc) is 2.88. The number of halogens is 3. The third kappa shape index (κ3) is 5.25. The topological polar surface area (TPSA) is 143 Å². The van der Waals surface area contributed by atoms with Gasteiger partial charge in [0.1, 0.15) is 18.3 Å². The van der Waals surface area contributed by atoms with Crippen molar-refractivity contribution >= 4 is 17.9 Å². The molecule has 2 rings (SSSR count). The second-order valence-corrected chi connectivity index (χ2v) is 6.22. The fraction of sp³-hybridized carbons (Fsp3) is 0.562. The summed E-state index contributed by atoms with van der Waals surface area (Å²) in [7, 11) is 0. The molecule has 0 spiro atoms. The van der Waals surface area contributed by atoms with Crippen LogP contribution in [0.25, 0.3) is 0 Å². The maximum absolute atomic E-state index is 13.1. The Morgan fingerprint density at radius 3 is 2.13 bits per heavy atom. The van der Waals surface area contributed by atoms with Crippen molar-refractivity contribution in [2.45, 2.75) is 51.5 Å². The largest absolute Gasteiger partial charge is 0.463 e. The lowest BCUT2D eigenvalue weighted by Crippen LogP contribution is -2.43. The molecule has 0 saturated carbocycles.